The fourth-order valence-corrected chi connectivity index (χ4v) is 1.73. The van der Waals surface area contributed by atoms with Crippen LogP contribution in [0.2, 0.25) is 0 Å². The van der Waals surface area contributed by atoms with E-state index in [1.807, 2.05) is 31.2 Å². The van der Waals surface area contributed by atoms with Crippen molar-refractivity contribution in [3.05, 3.63) is 65.7 Å². The van der Waals surface area contributed by atoms with E-state index in [1.54, 1.807) is 0 Å². The molecular weight excluding hydrogens is 208 g/mol. The van der Waals surface area contributed by atoms with Crippen molar-refractivity contribution in [2.24, 2.45) is 0 Å². The smallest absolute Gasteiger partial charge is 0.0642 e. The van der Waals surface area contributed by atoms with Gasteiger partial charge in [-0.3, -0.25) is 0 Å². The van der Waals surface area contributed by atoms with E-state index in [0.717, 1.165) is 11.1 Å². The number of benzene rings is 2. The van der Waals surface area contributed by atoms with Crippen molar-refractivity contribution in [1.82, 2.24) is 0 Å². The maximum Gasteiger partial charge on any atom is 0.0642 e. The molecule has 0 amide bonds. The van der Waals surface area contributed by atoms with E-state index in [4.69, 9.17) is 5.11 Å². The van der Waals surface area contributed by atoms with Crippen molar-refractivity contribution in [3.63, 3.8) is 0 Å². The third-order valence-corrected chi connectivity index (χ3v) is 2.68. The molecule has 0 radical (unpaired) electrons. The molecule has 0 atom stereocenters. The van der Waals surface area contributed by atoms with Gasteiger partial charge in [0.2, 0.25) is 0 Å². The van der Waals surface area contributed by atoms with Crippen LogP contribution in [0.4, 0.5) is 0 Å². The largest absolute Gasteiger partial charge is 0.392 e. The second-order valence-corrected chi connectivity index (χ2v) is 4.14. The van der Waals surface area contributed by atoms with Gasteiger partial charge in [-0.05, 0) is 29.2 Å². The molecule has 0 aromatic heterocycles. The normalized spacial score (nSPS) is 11.5. The van der Waals surface area contributed by atoms with Gasteiger partial charge >= 0.3 is 0 Å². The van der Waals surface area contributed by atoms with E-state index in [1.165, 1.54) is 11.1 Å². The molecule has 0 aliphatic carbocycles. The van der Waals surface area contributed by atoms with Gasteiger partial charge in [-0.15, -0.1) is 0 Å². The van der Waals surface area contributed by atoms with Crippen molar-refractivity contribution < 1.29 is 5.11 Å². The lowest BCUT2D eigenvalue weighted by atomic mass is 10.0. The summed E-state index contributed by atoms with van der Waals surface area (Å²) < 4.78 is 0. The van der Waals surface area contributed by atoms with Crippen LogP contribution in [-0.4, -0.2) is 11.7 Å². The Balaban J connectivity index is 2.25. The van der Waals surface area contributed by atoms with Gasteiger partial charge in [-0.1, -0.05) is 60.7 Å². The zero-order valence-electron chi connectivity index (χ0n) is 9.93. The highest BCUT2D eigenvalue weighted by atomic mass is 16.3. The lowest BCUT2D eigenvalue weighted by Gasteiger charge is -2.02. The minimum atomic E-state index is 0.112. The van der Waals surface area contributed by atoms with E-state index in [-0.39, 0.29) is 6.61 Å². The Morgan fingerprint density at radius 1 is 0.941 bits per heavy atom. The molecule has 2 rings (SSSR count). The summed E-state index contributed by atoms with van der Waals surface area (Å²) in [6, 6.07) is 18.7. The quantitative estimate of drug-likeness (QED) is 0.841. The summed E-state index contributed by atoms with van der Waals surface area (Å²) in [6.45, 7) is 2.03. The molecule has 0 aliphatic rings. The van der Waals surface area contributed by atoms with Crippen molar-refractivity contribution in [2.45, 2.75) is 6.92 Å². The molecular formula is C16H16O. The van der Waals surface area contributed by atoms with E-state index < -0.39 is 0 Å². The van der Waals surface area contributed by atoms with Crippen LogP contribution in [0, 0.1) is 0 Å². The van der Waals surface area contributed by atoms with Gasteiger partial charge in [0.25, 0.3) is 0 Å². The Kier molecular flexibility index (Phi) is 3.73. The second-order valence-electron chi connectivity index (χ2n) is 4.14. The van der Waals surface area contributed by atoms with E-state index >= 15 is 0 Å². The maximum absolute atomic E-state index is 8.96. The van der Waals surface area contributed by atoms with E-state index in [2.05, 4.69) is 36.4 Å². The Labute approximate surface area is 102 Å². The first kappa shape index (κ1) is 11.6. The highest BCUT2D eigenvalue weighted by molar-refractivity contribution is 5.65. The van der Waals surface area contributed by atoms with Gasteiger partial charge in [-0.2, -0.15) is 0 Å². The first-order chi connectivity index (χ1) is 8.29. The minimum Gasteiger partial charge on any atom is -0.392 e. The van der Waals surface area contributed by atoms with Gasteiger partial charge in [0.15, 0.2) is 0 Å². The third kappa shape index (κ3) is 3.05. The van der Waals surface area contributed by atoms with E-state index in [0.29, 0.717) is 0 Å². The van der Waals surface area contributed by atoms with Crippen LogP contribution in [0.3, 0.4) is 0 Å². The summed E-state index contributed by atoms with van der Waals surface area (Å²) in [5, 5.41) is 8.96. The standard InChI is InChI=1S/C16H16O/c1-13(12-17)11-14-7-9-16(10-8-14)15-5-3-2-4-6-15/h2-11,17H,12H2,1H3. The summed E-state index contributed by atoms with van der Waals surface area (Å²) in [6.07, 6.45) is 1.99. The Morgan fingerprint density at radius 3 is 2.12 bits per heavy atom. The van der Waals surface area contributed by atoms with Crippen LogP contribution in [0.25, 0.3) is 17.2 Å². The molecule has 1 N–H and O–H groups in total. The molecule has 86 valence electrons. The zero-order valence-corrected chi connectivity index (χ0v) is 9.93. The summed E-state index contributed by atoms with van der Waals surface area (Å²) in [5.74, 6) is 0. The molecule has 2 aromatic carbocycles. The summed E-state index contributed by atoms with van der Waals surface area (Å²) in [4.78, 5) is 0. The molecule has 0 fully saturated rings. The van der Waals surface area contributed by atoms with Crippen LogP contribution in [-0.2, 0) is 0 Å². The molecule has 1 nitrogen and oxygen atoms in total. The molecule has 0 saturated carbocycles. The molecule has 0 aliphatic heterocycles. The number of aliphatic hydroxyl groups is 1. The molecule has 2 aromatic rings. The van der Waals surface area contributed by atoms with Crippen molar-refractivity contribution in [2.75, 3.05) is 6.61 Å². The minimum absolute atomic E-state index is 0.112. The lowest BCUT2D eigenvalue weighted by Crippen LogP contribution is -1.84. The van der Waals surface area contributed by atoms with Gasteiger partial charge in [0.05, 0.1) is 6.61 Å². The number of rotatable bonds is 3. The average molecular weight is 224 g/mol. The Hall–Kier alpha value is -1.86. The summed E-state index contributed by atoms with van der Waals surface area (Å²) in [7, 11) is 0. The van der Waals surface area contributed by atoms with Gasteiger partial charge in [0, 0.05) is 0 Å². The number of hydrogen-bond donors (Lipinski definition) is 1. The predicted octanol–water partition coefficient (Wildman–Crippen LogP) is 3.75. The SMILES string of the molecule is CC(=Cc1ccc(-c2ccccc2)cc1)CO. The fraction of sp³-hybridized carbons (Fsp3) is 0.125. The molecule has 0 unspecified atom stereocenters. The molecule has 0 saturated heterocycles. The fourth-order valence-electron chi connectivity index (χ4n) is 1.73. The second kappa shape index (κ2) is 5.46. The molecule has 17 heavy (non-hydrogen) atoms. The lowest BCUT2D eigenvalue weighted by molar-refractivity contribution is 0.332. The van der Waals surface area contributed by atoms with Crippen LogP contribution >= 0.6 is 0 Å². The number of aliphatic hydroxyl groups excluding tert-OH is 1. The monoisotopic (exact) mass is 224 g/mol. The number of hydrogen-bond acceptors (Lipinski definition) is 1. The highest BCUT2D eigenvalue weighted by Gasteiger charge is 1.96. The van der Waals surface area contributed by atoms with Crippen LogP contribution in [0.5, 0.6) is 0 Å². The third-order valence-electron chi connectivity index (χ3n) is 2.68. The van der Waals surface area contributed by atoms with Gasteiger partial charge in [0.1, 0.15) is 0 Å². The van der Waals surface area contributed by atoms with Crippen molar-refractivity contribution >= 4 is 6.08 Å². The predicted molar refractivity (Wildman–Crippen MR) is 72.6 cm³/mol. The topological polar surface area (TPSA) is 20.2 Å². The van der Waals surface area contributed by atoms with Crippen LogP contribution in [0.1, 0.15) is 12.5 Å². The molecule has 0 spiro atoms. The zero-order chi connectivity index (χ0) is 12.1. The maximum atomic E-state index is 8.96. The van der Waals surface area contributed by atoms with Crippen LogP contribution < -0.4 is 0 Å². The van der Waals surface area contributed by atoms with E-state index in [9.17, 15) is 0 Å². The van der Waals surface area contributed by atoms with Crippen molar-refractivity contribution in [3.8, 4) is 11.1 Å². The highest BCUT2D eigenvalue weighted by Crippen LogP contribution is 2.19. The summed E-state index contributed by atoms with van der Waals surface area (Å²) in [5.41, 5.74) is 4.53. The van der Waals surface area contributed by atoms with Gasteiger partial charge < -0.3 is 5.11 Å². The first-order valence-corrected chi connectivity index (χ1v) is 5.73. The molecule has 0 heterocycles. The molecule has 0 bridgehead atoms. The summed E-state index contributed by atoms with van der Waals surface area (Å²) >= 11 is 0. The molecule has 1 heteroatoms. The Bertz CT molecular complexity index is 495. The Morgan fingerprint density at radius 2 is 1.53 bits per heavy atom. The average Bonchev–Trinajstić information content (AvgIpc) is 2.40. The van der Waals surface area contributed by atoms with Crippen LogP contribution in [0.15, 0.2) is 60.2 Å². The van der Waals surface area contributed by atoms with Gasteiger partial charge in [-0.25, -0.2) is 0 Å². The first-order valence-electron chi connectivity index (χ1n) is 5.73. The van der Waals surface area contributed by atoms with Crippen molar-refractivity contribution in [1.29, 1.82) is 0 Å².